The van der Waals surface area contributed by atoms with Crippen LogP contribution in [0.2, 0.25) is 0 Å². The Bertz CT molecular complexity index is 478. The Morgan fingerprint density at radius 1 is 1.40 bits per heavy atom. The summed E-state index contributed by atoms with van der Waals surface area (Å²) in [4.78, 5) is 23.8. The van der Waals surface area contributed by atoms with Gasteiger partial charge in [0, 0.05) is 13.5 Å². The van der Waals surface area contributed by atoms with Crippen LogP contribution in [0.4, 0.5) is 0 Å². The Labute approximate surface area is 126 Å². The van der Waals surface area contributed by atoms with Crippen LogP contribution >= 0.6 is 15.9 Å². The largest absolute Gasteiger partial charge is 0.492 e. The van der Waals surface area contributed by atoms with Crippen LogP contribution in [0.1, 0.15) is 19.8 Å². The molecule has 0 fully saturated rings. The summed E-state index contributed by atoms with van der Waals surface area (Å²) in [5, 5.41) is 8.83. The van der Waals surface area contributed by atoms with Crippen LogP contribution in [0.25, 0.3) is 0 Å². The van der Waals surface area contributed by atoms with Gasteiger partial charge in [0.15, 0.2) is 0 Å². The summed E-state index contributed by atoms with van der Waals surface area (Å²) in [6.45, 7) is 1.89. The van der Waals surface area contributed by atoms with E-state index in [0.29, 0.717) is 13.0 Å². The summed E-state index contributed by atoms with van der Waals surface area (Å²) < 4.78 is 6.40. The number of amides is 1. The number of likely N-dealkylation sites (N-methyl/N-ethyl adjacent to an activating group) is 1. The van der Waals surface area contributed by atoms with Crippen molar-refractivity contribution in [1.29, 1.82) is 0 Å². The fourth-order valence-corrected chi connectivity index (χ4v) is 1.92. The van der Waals surface area contributed by atoms with Crippen molar-refractivity contribution in [1.82, 2.24) is 4.90 Å². The Morgan fingerprint density at radius 3 is 2.65 bits per heavy atom. The highest BCUT2D eigenvalue weighted by molar-refractivity contribution is 9.10. The molecule has 0 saturated heterocycles. The van der Waals surface area contributed by atoms with Crippen molar-refractivity contribution >= 4 is 27.8 Å². The molecule has 0 radical (unpaired) electrons. The maximum atomic E-state index is 11.8. The van der Waals surface area contributed by atoms with Crippen LogP contribution in [0.15, 0.2) is 28.7 Å². The summed E-state index contributed by atoms with van der Waals surface area (Å²) >= 11 is 3.37. The van der Waals surface area contributed by atoms with Crippen molar-refractivity contribution in [2.24, 2.45) is 0 Å². The molecule has 1 aromatic rings. The summed E-state index contributed by atoms with van der Waals surface area (Å²) in [5.41, 5.74) is 0. The van der Waals surface area contributed by atoms with E-state index in [9.17, 15) is 9.59 Å². The number of rotatable bonds is 7. The van der Waals surface area contributed by atoms with Gasteiger partial charge in [-0.3, -0.25) is 4.79 Å². The minimum atomic E-state index is -1.01. The van der Waals surface area contributed by atoms with Crippen molar-refractivity contribution in [3.8, 4) is 5.75 Å². The van der Waals surface area contributed by atoms with Crippen LogP contribution in [0.3, 0.4) is 0 Å². The van der Waals surface area contributed by atoms with Crippen molar-refractivity contribution in [3.63, 3.8) is 0 Å². The maximum absolute atomic E-state index is 11.8. The van der Waals surface area contributed by atoms with Crippen molar-refractivity contribution in [2.75, 3.05) is 13.7 Å². The Balaban J connectivity index is 2.33. The van der Waals surface area contributed by atoms with Crippen LogP contribution in [0.5, 0.6) is 5.75 Å². The van der Waals surface area contributed by atoms with E-state index in [-0.39, 0.29) is 12.3 Å². The van der Waals surface area contributed by atoms with Gasteiger partial charge in [-0.2, -0.15) is 0 Å². The molecule has 0 aliphatic carbocycles. The zero-order chi connectivity index (χ0) is 15.1. The van der Waals surface area contributed by atoms with E-state index in [0.717, 1.165) is 10.2 Å². The van der Waals surface area contributed by atoms with E-state index >= 15 is 0 Å². The van der Waals surface area contributed by atoms with Crippen LogP contribution in [-0.4, -0.2) is 41.6 Å². The van der Waals surface area contributed by atoms with Gasteiger partial charge >= 0.3 is 5.97 Å². The van der Waals surface area contributed by atoms with Gasteiger partial charge in [0.2, 0.25) is 5.91 Å². The van der Waals surface area contributed by atoms with Gasteiger partial charge in [0.25, 0.3) is 0 Å². The quantitative estimate of drug-likeness (QED) is 0.772. The first kappa shape index (κ1) is 16.5. The normalized spacial score (nSPS) is 11.8. The molecule has 1 amide bonds. The summed E-state index contributed by atoms with van der Waals surface area (Å²) in [5.74, 6) is -0.479. The zero-order valence-electron chi connectivity index (χ0n) is 11.5. The molecule has 0 heterocycles. The molecule has 5 nitrogen and oxygen atoms in total. The number of para-hydroxylation sites is 1. The average Bonchev–Trinajstić information content (AvgIpc) is 2.43. The molecule has 6 heteroatoms. The van der Waals surface area contributed by atoms with Crippen LogP contribution in [-0.2, 0) is 9.59 Å². The third-order valence-corrected chi connectivity index (χ3v) is 3.62. The van der Waals surface area contributed by atoms with Crippen molar-refractivity contribution in [2.45, 2.75) is 25.8 Å². The number of aliphatic carboxylic acids is 1. The van der Waals surface area contributed by atoms with Gasteiger partial charge in [0.1, 0.15) is 11.8 Å². The predicted octanol–water partition coefficient (Wildman–Crippen LogP) is 2.54. The molecule has 1 atom stereocenters. The second-order valence-corrected chi connectivity index (χ2v) is 5.26. The number of nitrogens with zero attached hydrogens (tertiary/aromatic N) is 1. The third kappa shape index (κ3) is 4.85. The molecule has 0 aliphatic heterocycles. The Morgan fingerprint density at radius 2 is 2.05 bits per heavy atom. The van der Waals surface area contributed by atoms with E-state index in [1.165, 1.54) is 18.9 Å². The number of hydrogen-bond acceptors (Lipinski definition) is 3. The minimum Gasteiger partial charge on any atom is -0.492 e. The molecular weight excluding hydrogens is 326 g/mol. The van der Waals surface area contributed by atoms with Crippen LogP contribution in [0, 0.1) is 0 Å². The lowest BCUT2D eigenvalue weighted by atomic mass is 10.2. The van der Waals surface area contributed by atoms with Gasteiger partial charge in [-0.1, -0.05) is 12.1 Å². The smallest absolute Gasteiger partial charge is 0.326 e. The lowest BCUT2D eigenvalue weighted by Crippen LogP contribution is -2.40. The third-order valence-electron chi connectivity index (χ3n) is 2.96. The first-order valence-electron chi connectivity index (χ1n) is 6.29. The molecule has 0 bridgehead atoms. The van der Waals surface area contributed by atoms with E-state index in [4.69, 9.17) is 9.84 Å². The summed E-state index contributed by atoms with van der Waals surface area (Å²) in [6.07, 6.45) is 0.801. The Hall–Kier alpha value is -1.56. The lowest BCUT2D eigenvalue weighted by molar-refractivity contribution is -0.148. The highest BCUT2D eigenvalue weighted by Crippen LogP contribution is 2.23. The standard InChI is InChI=1S/C14H18BrNO4/c1-10(14(18)19)16(2)13(17)8-5-9-20-12-7-4-3-6-11(12)15/h3-4,6-7,10H,5,8-9H2,1-2H3,(H,18,19). The van der Waals surface area contributed by atoms with E-state index in [1.807, 2.05) is 24.3 Å². The first-order chi connectivity index (χ1) is 9.43. The SMILES string of the molecule is CC(C(=O)O)N(C)C(=O)CCCOc1ccccc1Br. The molecule has 20 heavy (non-hydrogen) atoms. The fraction of sp³-hybridized carbons (Fsp3) is 0.429. The van der Waals surface area contributed by atoms with E-state index in [2.05, 4.69) is 15.9 Å². The Kier molecular flexibility index (Phi) is 6.51. The topological polar surface area (TPSA) is 66.8 Å². The van der Waals surface area contributed by atoms with E-state index < -0.39 is 12.0 Å². The molecule has 110 valence electrons. The zero-order valence-corrected chi connectivity index (χ0v) is 13.1. The van der Waals surface area contributed by atoms with Gasteiger partial charge < -0.3 is 14.7 Å². The number of carbonyl (C=O) groups is 2. The van der Waals surface area contributed by atoms with Gasteiger partial charge in [-0.15, -0.1) is 0 Å². The molecule has 1 unspecified atom stereocenters. The molecule has 0 aromatic heterocycles. The van der Waals surface area contributed by atoms with E-state index in [1.54, 1.807) is 0 Å². The molecular formula is C14H18BrNO4. The highest BCUT2D eigenvalue weighted by atomic mass is 79.9. The second-order valence-electron chi connectivity index (χ2n) is 4.40. The average molecular weight is 344 g/mol. The lowest BCUT2D eigenvalue weighted by Gasteiger charge is -2.21. The molecule has 1 rings (SSSR count). The second kappa shape index (κ2) is 7.89. The van der Waals surface area contributed by atoms with Gasteiger partial charge in [0.05, 0.1) is 11.1 Å². The molecule has 0 spiro atoms. The van der Waals surface area contributed by atoms with Gasteiger partial charge in [-0.25, -0.2) is 4.79 Å². The minimum absolute atomic E-state index is 0.198. The number of carboxylic acids is 1. The number of carbonyl (C=O) groups excluding carboxylic acids is 1. The number of carboxylic acid groups (broad SMARTS) is 1. The summed E-state index contributed by atoms with van der Waals surface area (Å²) in [7, 11) is 1.50. The highest BCUT2D eigenvalue weighted by Gasteiger charge is 2.20. The maximum Gasteiger partial charge on any atom is 0.326 e. The molecule has 0 saturated carbocycles. The molecule has 1 aromatic carbocycles. The van der Waals surface area contributed by atoms with Gasteiger partial charge in [-0.05, 0) is 41.4 Å². The summed E-state index contributed by atoms with van der Waals surface area (Å²) in [6, 6.07) is 6.66. The molecule has 0 aliphatic rings. The van der Waals surface area contributed by atoms with Crippen molar-refractivity contribution < 1.29 is 19.4 Å². The number of hydrogen-bond donors (Lipinski definition) is 1. The first-order valence-corrected chi connectivity index (χ1v) is 7.08. The van der Waals surface area contributed by atoms with Crippen LogP contribution < -0.4 is 4.74 Å². The number of benzene rings is 1. The monoisotopic (exact) mass is 343 g/mol. The molecule has 1 N–H and O–H groups in total. The number of halogens is 1. The number of ether oxygens (including phenoxy) is 1. The fourth-order valence-electron chi connectivity index (χ4n) is 1.53. The predicted molar refractivity (Wildman–Crippen MR) is 78.7 cm³/mol. The van der Waals surface area contributed by atoms with Crippen molar-refractivity contribution in [3.05, 3.63) is 28.7 Å².